The summed E-state index contributed by atoms with van der Waals surface area (Å²) in [6, 6.07) is 31.9. The molecule has 1 unspecified atom stereocenters. The average molecular weight is 465 g/mol. The van der Waals surface area contributed by atoms with Gasteiger partial charge in [-0.3, -0.25) is 4.79 Å². The fourth-order valence-electron chi connectivity index (χ4n) is 5.38. The molecule has 0 heterocycles. The van der Waals surface area contributed by atoms with Crippen molar-refractivity contribution in [3.05, 3.63) is 147 Å². The van der Waals surface area contributed by atoms with Gasteiger partial charge in [0.05, 0.1) is 0 Å². The van der Waals surface area contributed by atoms with Crippen molar-refractivity contribution in [1.29, 1.82) is 0 Å². The highest BCUT2D eigenvalue weighted by molar-refractivity contribution is 6.32. The molecule has 33 heavy (non-hydrogen) atoms. The van der Waals surface area contributed by atoms with E-state index in [0.29, 0.717) is 10.0 Å². The van der Waals surface area contributed by atoms with E-state index in [4.69, 9.17) is 23.2 Å². The fraction of sp³-hybridized carbons (Fsp3) is 0.0333. The van der Waals surface area contributed by atoms with Crippen molar-refractivity contribution in [2.24, 2.45) is 0 Å². The number of rotatable bonds is 2. The zero-order chi connectivity index (χ0) is 22.6. The van der Waals surface area contributed by atoms with E-state index in [1.807, 2.05) is 72.8 Å². The smallest absolute Gasteiger partial charge is 0.175 e. The maximum absolute atomic E-state index is 14.1. The minimum Gasteiger partial charge on any atom is -0.293 e. The molecule has 2 aliphatic rings. The molecule has 6 rings (SSSR count). The molecule has 158 valence electrons. The minimum absolute atomic E-state index is 0.0423. The van der Waals surface area contributed by atoms with Crippen molar-refractivity contribution >= 4 is 46.2 Å². The van der Waals surface area contributed by atoms with Crippen LogP contribution in [0, 0.1) is 0 Å². The van der Waals surface area contributed by atoms with Gasteiger partial charge in [-0.15, -0.1) is 0 Å². The first kappa shape index (κ1) is 20.2. The van der Waals surface area contributed by atoms with E-state index in [0.717, 1.165) is 44.5 Å². The lowest BCUT2D eigenvalue weighted by atomic mass is 9.63. The first-order valence-electron chi connectivity index (χ1n) is 10.8. The maximum atomic E-state index is 14.1. The van der Waals surface area contributed by atoms with Crippen LogP contribution in [-0.2, 0) is 10.2 Å². The Balaban J connectivity index is 1.83. The Morgan fingerprint density at radius 2 is 1.24 bits per heavy atom. The van der Waals surface area contributed by atoms with Crippen LogP contribution in [0.15, 0.2) is 103 Å². The van der Waals surface area contributed by atoms with Crippen molar-refractivity contribution in [3.8, 4) is 0 Å². The zero-order valence-corrected chi connectivity index (χ0v) is 19.1. The number of halogens is 2. The van der Waals surface area contributed by atoms with Gasteiger partial charge in [0, 0.05) is 10.0 Å². The molecule has 0 aliphatic heterocycles. The van der Waals surface area contributed by atoms with E-state index in [1.54, 1.807) is 6.08 Å². The third kappa shape index (κ3) is 2.90. The maximum Gasteiger partial charge on any atom is 0.175 e. The Morgan fingerprint density at radius 3 is 2.00 bits per heavy atom. The molecule has 1 nitrogen and oxygen atoms in total. The Hall–Kier alpha value is -3.39. The van der Waals surface area contributed by atoms with Crippen LogP contribution in [0.2, 0.25) is 10.0 Å². The van der Waals surface area contributed by atoms with Gasteiger partial charge in [-0.25, -0.2) is 0 Å². The summed E-state index contributed by atoms with van der Waals surface area (Å²) in [5, 5.41) is 1.28. The number of benzene rings is 4. The van der Waals surface area contributed by atoms with E-state index in [-0.39, 0.29) is 5.78 Å². The van der Waals surface area contributed by atoms with E-state index in [2.05, 4.69) is 30.3 Å². The second-order valence-electron chi connectivity index (χ2n) is 8.35. The highest BCUT2D eigenvalue weighted by Gasteiger charge is 2.53. The summed E-state index contributed by atoms with van der Waals surface area (Å²) in [6.45, 7) is 0. The predicted octanol–water partition coefficient (Wildman–Crippen LogP) is 7.85. The Bertz CT molecular complexity index is 1510. The molecule has 4 aromatic carbocycles. The largest absolute Gasteiger partial charge is 0.293 e. The third-order valence-electron chi connectivity index (χ3n) is 6.60. The Kier molecular flexibility index (Phi) is 4.65. The molecule has 1 spiro atoms. The van der Waals surface area contributed by atoms with Gasteiger partial charge in [0.1, 0.15) is 5.41 Å². The monoisotopic (exact) mass is 464 g/mol. The minimum atomic E-state index is -0.968. The van der Waals surface area contributed by atoms with Gasteiger partial charge in [-0.1, -0.05) is 102 Å². The number of carbonyl (C=O) groups is 1. The molecule has 0 fully saturated rings. The van der Waals surface area contributed by atoms with Gasteiger partial charge >= 0.3 is 0 Å². The van der Waals surface area contributed by atoms with E-state index in [9.17, 15) is 4.79 Å². The van der Waals surface area contributed by atoms with Crippen molar-refractivity contribution in [1.82, 2.24) is 0 Å². The first-order chi connectivity index (χ1) is 16.1. The fourth-order valence-corrected chi connectivity index (χ4v) is 5.76. The number of allylic oxidation sites excluding steroid dienone is 2. The van der Waals surface area contributed by atoms with Crippen LogP contribution < -0.4 is 0 Å². The molecular weight excluding hydrogens is 447 g/mol. The molecule has 0 aromatic heterocycles. The molecule has 0 radical (unpaired) electrons. The topological polar surface area (TPSA) is 17.1 Å². The van der Waals surface area contributed by atoms with Crippen molar-refractivity contribution in [3.63, 3.8) is 0 Å². The van der Waals surface area contributed by atoms with Crippen LogP contribution in [0.25, 0.3) is 17.2 Å². The van der Waals surface area contributed by atoms with Gasteiger partial charge in [0.15, 0.2) is 5.78 Å². The predicted molar refractivity (Wildman–Crippen MR) is 137 cm³/mol. The molecule has 0 saturated carbocycles. The SMILES string of the molecule is O=C1C=Cc2ccccc2C12C(c1cccc(Cl)c1)=C(c1cccc(Cl)c1)c1ccccc12. The van der Waals surface area contributed by atoms with Gasteiger partial charge in [-0.05, 0) is 74.9 Å². The normalized spacial score (nSPS) is 18.5. The number of hydrogen-bond donors (Lipinski definition) is 0. The molecule has 2 aliphatic carbocycles. The summed E-state index contributed by atoms with van der Waals surface area (Å²) in [5.41, 5.74) is 6.92. The van der Waals surface area contributed by atoms with Gasteiger partial charge < -0.3 is 0 Å². The van der Waals surface area contributed by atoms with Crippen LogP contribution in [0.5, 0.6) is 0 Å². The molecule has 0 N–H and O–H groups in total. The molecule has 4 aromatic rings. The highest BCUT2D eigenvalue weighted by Crippen LogP contribution is 2.59. The summed E-state index contributed by atoms with van der Waals surface area (Å²) >= 11 is 12.9. The van der Waals surface area contributed by atoms with Crippen molar-refractivity contribution in [2.45, 2.75) is 5.41 Å². The Labute approximate surface area is 202 Å². The highest BCUT2D eigenvalue weighted by atomic mass is 35.5. The van der Waals surface area contributed by atoms with E-state index >= 15 is 0 Å². The molecule has 3 heteroatoms. The number of fused-ring (bicyclic) bond motifs is 4. The summed E-state index contributed by atoms with van der Waals surface area (Å²) in [6.07, 6.45) is 3.63. The summed E-state index contributed by atoms with van der Waals surface area (Å²) < 4.78 is 0. The average Bonchev–Trinajstić information content (AvgIpc) is 3.14. The van der Waals surface area contributed by atoms with Crippen LogP contribution in [0.3, 0.4) is 0 Å². The van der Waals surface area contributed by atoms with E-state index in [1.165, 1.54) is 0 Å². The molecular formula is C30H18Cl2O. The molecule has 1 atom stereocenters. The quantitative estimate of drug-likeness (QED) is 0.295. The third-order valence-corrected chi connectivity index (χ3v) is 7.07. The second kappa shape index (κ2) is 7.59. The lowest BCUT2D eigenvalue weighted by Gasteiger charge is -2.36. The van der Waals surface area contributed by atoms with Crippen LogP contribution >= 0.6 is 23.2 Å². The standard InChI is InChI=1S/C30H18Cl2O/c31-22-10-5-8-20(17-22)28-24-12-2-4-14-26(24)30(29(28)21-9-6-11-23(32)18-21)25-13-3-1-7-19(25)15-16-27(30)33/h1-18H. The molecule has 0 bridgehead atoms. The second-order valence-corrected chi connectivity index (χ2v) is 9.22. The van der Waals surface area contributed by atoms with Gasteiger partial charge in [0.25, 0.3) is 0 Å². The number of hydrogen-bond acceptors (Lipinski definition) is 1. The molecule has 0 saturated heterocycles. The van der Waals surface area contributed by atoms with Crippen LogP contribution in [0.1, 0.15) is 33.4 Å². The number of carbonyl (C=O) groups excluding carboxylic acids is 1. The first-order valence-corrected chi connectivity index (χ1v) is 11.5. The van der Waals surface area contributed by atoms with Crippen LogP contribution in [0.4, 0.5) is 0 Å². The lowest BCUT2D eigenvalue weighted by Crippen LogP contribution is -2.38. The Morgan fingerprint density at radius 1 is 0.606 bits per heavy atom. The summed E-state index contributed by atoms with van der Waals surface area (Å²) in [7, 11) is 0. The lowest BCUT2D eigenvalue weighted by molar-refractivity contribution is -0.116. The van der Waals surface area contributed by atoms with Crippen molar-refractivity contribution in [2.75, 3.05) is 0 Å². The van der Waals surface area contributed by atoms with Crippen molar-refractivity contribution < 1.29 is 4.79 Å². The van der Waals surface area contributed by atoms with Crippen LogP contribution in [-0.4, -0.2) is 5.78 Å². The van der Waals surface area contributed by atoms with Gasteiger partial charge in [0.2, 0.25) is 0 Å². The van der Waals surface area contributed by atoms with Gasteiger partial charge in [-0.2, -0.15) is 0 Å². The summed E-state index contributed by atoms with van der Waals surface area (Å²) in [5.74, 6) is 0.0423. The summed E-state index contributed by atoms with van der Waals surface area (Å²) in [4.78, 5) is 14.1. The zero-order valence-electron chi connectivity index (χ0n) is 17.6. The van der Waals surface area contributed by atoms with E-state index < -0.39 is 5.41 Å². The molecule has 0 amide bonds. The number of ketones is 1.